The van der Waals surface area contributed by atoms with E-state index in [9.17, 15) is 9.80 Å². The van der Waals surface area contributed by atoms with Crippen LogP contribution in [0.2, 0.25) is 0 Å². The fourth-order valence-electron chi connectivity index (χ4n) is 5.12. The molecule has 2 N–H and O–H groups in total. The van der Waals surface area contributed by atoms with Crippen LogP contribution < -0.4 is 5.32 Å². The summed E-state index contributed by atoms with van der Waals surface area (Å²) >= 11 is 1.59. The Morgan fingerprint density at radius 2 is 1.63 bits per heavy atom. The maximum absolute atomic E-state index is 14.7. The van der Waals surface area contributed by atoms with Crippen LogP contribution in [0, 0.1) is 11.2 Å². The molecule has 43 heavy (non-hydrogen) atoms. The van der Waals surface area contributed by atoms with Gasteiger partial charge in [-0.1, -0.05) is 112 Å². The Labute approximate surface area is 257 Å². The van der Waals surface area contributed by atoms with Crippen molar-refractivity contribution in [3.8, 4) is 0 Å². The molecule has 214 valence electrons. The summed E-state index contributed by atoms with van der Waals surface area (Å²) in [4.78, 5) is 0.852. The second-order valence-electron chi connectivity index (χ2n) is 10.3. The van der Waals surface area contributed by atoms with Gasteiger partial charge in [-0.15, -0.1) is 11.3 Å². The lowest BCUT2D eigenvalue weighted by Gasteiger charge is -2.26. The number of nitrogens with one attached hydrogen (secondary N) is 2. The fraction of sp³-hybridized carbons (Fsp3) is 0.103. The average Bonchev–Trinajstić information content (AvgIpc) is 3.47. The summed E-state index contributed by atoms with van der Waals surface area (Å²) in [6.45, 7) is 10.0. The third-order valence-corrected chi connectivity index (χ3v) is 8.22. The number of allylic oxidation sites excluding steroid dienone is 5. The minimum atomic E-state index is -0.320. The molecule has 5 aromatic rings. The van der Waals surface area contributed by atoms with Gasteiger partial charge in [0.25, 0.3) is 0 Å². The summed E-state index contributed by atoms with van der Waals surface area (Å²) in [5.74, 6) is -0.320. The molecule has 1 aromatic heterocycles. The normalized spacial score (nSPS) is 14.0. The topological polar surface area (TPSA) is 35.9 Å². The van der Waals surface area contributed by atoms with Crippen LogP contribution in [-0.4, -0.2) is 5.71 Å². The minimum absolute atomic E-state index is 0.320. The lowest BCUT2D eigenvalue weighted by molar-refractivity contribution is 0.627. The highest BCUT2D eigenvalue weighted by Crippen LogP contribution is 2.38. The molecule has 0 aliphatic carbocycles. The van der Waals surface area contributed by atoms with Gasteiger partial charge in [0.05, 0.1) is 16.3 Å². The van der Waals surface area contributed by atoms with Gasteiger partial charge in [-0.25, -0.2) is 4.39 Å². The predicted molar refractivity (Wildman–Crippen MR) is 186 cm³/mol. The monoisotopic (exact) mass is 582 g/mol. The van der Waals surface area contributed by atoms with Gasteiger partial charge in [-0.2, -0.15) is 0 Å². The van der Waals surface area contributed by atoms with Crippen LogP contribution in [0.25, 0.3) is 38.2 Å². The molecule has 0 bridgehead atoms. The van der Waals surface area contributed by atoms with E-state index in [4.69, 9.17) is 0 Å². The van der Waals surface area contributed by atoms with Crippen molar-refractivity contribution in [1.29, 1.82) is 5.41 Å². The van der Waals surface area contributed by atoms with Gasteiger partial charge in [0, 0.05) is 21.5 Å². The van der Waals surface area contributed by atoms with E-state index in [2.05, 4.69) is 74.3 Å². The number of halogens is 1. The summed E-state index contributed by atoms with van der Waals surface area (Å²) in [6, 6.07) is 29.5. The number of thiophene rings is 1. The summed E-state index contributed by atoms with van der Waals surface area (Å²) in [7, 11) is 0. The van der Waals surface area contributed by atoms with E-state index in [0.29, 0.717) is 11.4 Å². The van der Waals surface area contributed by atoms with E-state index >= 15 is 0 Å². The maximum Gasteiger partial charge on any atom is 0.123 e. The van der Waals surface area contributed by atoms with E-state index in [1.807, 2.05) is 55.5 Å². The molecule has 0 amide bonds. The molecule has 0 spiro atoms. The highest BCUT2D eigenvalue weighted by molar-refractivity contribution is 7.21. The zero-order valence-corrected chi connectivity index (χ0v) is 25.6. The van der Waals surface area contributed by atoms with Crippen LogP contribution in [0.4, 0.5) is 4.39 Å². The fourth-order valence-corrected chi connectivity index (χ4v) is 6.14. The van der Waals surface area contributed by atoms with Gasteiger partial charge in [-0.3, -0.25) is 5.41 Å². The zero-order valence-electron chi connectivity index (χ0n) is 24.7. The number of hydrogen-bond donors (Lipinski definition) is 2. The average molecular weight is 583 g/mol. The van der Waals surface area contributed by atoms with Crippen molar-refractivity contribution in [3.05, 3.63) is 161 Å². The Bertz CT molecular complexity index is 1920. The molecule has 0 atom stereocenters. The number of rotatable bonds is 6. The molecule has 0 unspecified atom stereocenters. The third kappa shape index (κ3) is 6.35. The Kier molecular flexibility index (Phi) is 9.29. The van der Waals surface area contributed by atoms with Gasteiger partial charge in [-0.05, 0) is 76.2 Å². The summed E-state index contributed by atoms with van der Waals surface area (Å²) in [5.41, 5.74) is 6.16. The molecule has 6 rings (SSSR count). The molecule has 0 radical (unpaired) electrons. The molecule has 1 aliphatic heterocycles. The molecule has 4 heteroatoms. The highest BCUT2D eigenvalue weighted by atomic mass is 32.1. The zero-order chi connectivity index (χ0) is 30.3. The van der Waals surface area contributed by atoms with Crippen LogP contribution in [0.1, 0.15) is 48.8 Å². The van der Waals surface area contributed by atoms with Crippen molar-refractivity contribution in [2.75, 3.05) is 0 Å². The van der Waals surface area contributed by atoms with E-state index in [1.165, 1.54) is 12.5 Å². The first-order valence-corrected chi connectivity index (χ1v) is 15.3. The first-order chi connectivity index (χ1) is 21.0. The molecule has 0 saturated carbocycles. The van der Waals surface area contributed by atoms with Gasteiger partial charge in [0.2, 0.25) is 0 Å². The molecule has 4 aromatic carbocycles. The SMILES string of the molecule is C=C/C=C\C(=C/C)C1=Cc2ccc(F)cc2/C(=C(/C(=N)c2cc3ccccc3s2)c2ccc3ccccc3c2)N1.CCC. The van der Waals surface area contributed by atoms with E-state index in [0.717, 1.165) is 59.3 Å². The molecule has 2 heterocycles. The second kappa shape index (κ2) is 13.5. The first kappa shape index (κ1) is 29.7. The summed E-state index contributed by atoms with van der Waals surface area (Å²) < 4.78 is 15.9. The molecular formula is C39H35FN2S. The molecule has 2 nitrogen and oxygen atoms in total. The maximum atomic E-state index is 14.7. The minimum Gasteiger partial charge on any atom is -0.354 e. The van der Waals surface area contributed by atoms with Crippen LogP contribution in [0.5, 0.6) is 0 Å². The number of fused-ring (bicyclic) bond motifs is 3. The largest absolute Gasteiger partial charge is 0.354 e. The Morgan fingerprint density at radius 3 is 2.35 bits per heavy atom. The molecule has 0 fully saturated rings. The third-order valence-electron chi connectivity index (χ3n) is 7.09. The first-order valence-electron chi connectivity index (χ1n) is 14.5. The van der Waals surface area contributed by atoms with E-state index < -0.39 is 0 Å². The van der Waals surface area contributed by atoms with Gasteiger partial charge in [0.1, 0.15) is 5.82 Å². The van der Waals surface area contributed by atoms with Crippen molar-refractivity contribution >= 4 is 55.3 Å². The molecular weight excluding hydrogens is 548 g/mol. The van der Waals surface area contributed by atoms with Crippen LogP contribution in [0.3, 0.4) is 0 Å². The van der Waals surface area contributed by atoms with Crippen molar-refractivity contribution in [2.24, 2.45) is 0 Å². The lowest BCUT2D eigenvalue weighted by atomic mass is 9.88. The highest BCUT2D eigenvalue weighted by Gasteiger charge is 2.25. The summed E-state index contributed by atoms with van der Waals surface area (Å²) in [5, 5.41) is 16.5. The molecule has 0 saturated heterocycles. The van der Waals surface area contributed by atoms with E-state index in [-0.39, 0.29) is 5.82 Å². The van der Waals surface area contributed by atoms with Crippen molar-refractivity contribution in [2.45, 2.75) is 27.2 Å². The molecule has 1 aliphatic rings. The van der Waals surface area contributed by atoms with E-state index in [1.54, 1.807) is 29.5 Å². The Hall–Kier alpha value is -4.80. The van der Waals surface area contributed by atoms with Crippen molar-refractivity contribution < 1.29 is 4.39 Å². The Morgan fingerprint density at radius 1 is 0.907 bits per heavy atom. The second-order valence-corrected chi connectivity index (χ2v) is 11.4. The number of hydrogen-bond acceptors (Lipinski definition) is 3. The van der Waals surface area contributed by atoms with Gasteiger partial charge < -0.3 is 5.32 Å². The Balaban J connectivity index is 0.00000118. The van der Waals surface area contributed by atoms with Crippen LogP contribution in [-0.2, 0) is 0 Å². The smallest absolute Gasteiger partial charge is 0.123 e. The quantitative estimate of drug-likeness (QED) is 0.152. The standard InChI is InChI=1S/C36H27FN2S.C3H8/c1-3-5-10-23(4-2)31-20-26-17-18-29(37)22-30(26)36(39-31)34(28-16-15-24-11-6-7-12-25(24)19-28)35(38)33-21-27-13-8-9-14-32(27)40-33;1-3-2/h3-22,38-39H,1H2,2H3;3H2,1-2H3/b10-5-,23-4+,36-34-,38-35?;. The van der Waals surface area contributed by atoms with Crippen LogP contribution in [0.15, 0.2) is 133 Å². The van der Waals surface area contributed by atoms with Crippen LogP contribution >= 0.6 is 11.3 Å². The predicted octanol–water partition coefficient (Wildman–Crippen LogP) is 11.2. The van der Waals surface area contributed by atoms with Crippen molar-refractivity contribution in [3.63, 3.8) is 0 Å². The summed E-state index contributed by atoms with van der Waals surface area (Å²) in [6.07, 6.45) is 10.9. The van der Waals surface area contributed by atoms with Crippen molar-refractivity contribution in [1.82, 2.24) is 5.32 Å². The van der Waals surface area contributed by atoms with Gasteiger partial charge >= 0.3 is 0 Å². The number of benzene rings is 4. The lowest BCUT2D eigenvalue weighted by Crippen LogP contribution is -2.21. The van der Waals surface area contributed by atoms with Gasteiger partial charge in [0.15, 0.2) is 0 Å².